The average molecular weight is 361 g/mol. The van der Waals surface area contributed by atoms with Crippen LogP contribution in [0.15, 0.2) is 47.0 Å². The summed E-state index contributed by atoms with van der Waals surface area (Å²) in [7, 11) is 0. The number of aromatic nitrogens is 1. The molecule has 0 atom stereocenters. The van der Waals surface area contributed by atoms with Crippen LogP contribution in [0.4, 0.5) is 5.69 Å². The van der Waals surface area contributed by atoms with Crippen molar-refractivity contribution in [2.75, 3.05) is 5.32 Å². The summed E-state index contributed by atoms with van der Waals surface area (Å²) >= 11 is 11.9. The van der Waals surface area contributed by atoms with Gasteiger partial charge in [-0.1, -0.05) is 34.4 Å². The van der Waals surface area contributed by atoms with Crippen molar-refractivity contribution in [3.63, 3.8) is 0 Å². The lowest BCUT2D eigenvalue weighted by molar-refractivity contribution is 0.101. The third-order valence-corrected chi connectivity index (χ3v) is 4.45. The first kappa shape index (κ1) is 16.6. The van der Waals surface area contributed by atoms with Crippen molar-refractivity contribution in [1.82, 2.24) is 5.16 Å². The summed E-state index contributed by atoms with van der Waals surface area (Å²) < 4.78 is 5.23. The lowest BCUT2D eigenvalue weighted by atomic mass is 10.1. The number of carbonyl (C=O) groups is 1. The number of amides is 1. The van der Waals surface area contributed by atoms with Crippen LogP contribution in [0.1, 0.15) is 21.6 Å². The van der Waals surface area contributed by atoms with Crippen LogP contribution in [-0.4, -0.2) is 11.1 Å². The molecule has 0 saturated heterocycles. The molecule has 2 aromatic carbocycles. The maximum Gasteiger partial charge on any atom is 0.277 e. The lowest BCUT2D eigenvalue weighted by Crippen LogP contribution is -2.12. The van der Waals surface area contributed by atoms with Crippen LogP contribution in [0.2, 0.25) is 10.0 Å². The van der Waals surface area contributed by atoms with Gasteiger partial charge in [-0.15, -0.1) is 0 Å². The summed E-state index contributed by atoms with van der Waals surface area (Å²) in [6, 6.07) is 12.4. The van der Waals surface area contributed by atoms with Crippen molar-refractivity contribution in [3.8, 4) is 11.3 Å². The van der Waals surface area contributed by atoms with Crippen molar-refractivity contribution in [3.05, 3.63) is 69.3 Å². The van der Waals surface area contributed by atoms with Gasteiger partial charge < -0.3 is 9.84 Å². The van der Waals surface area contributed by atoms with Crippen LogP contribution in [0, 0.1) is 13.8 Å². The summed E-state index contributed by atoms with van der Waals surface area (Å²) in [4.78, 5) is 12.3. The van der Waals surface area contributed by atoms with Crippen molar-refractivity contribution in [1.29, 1.82) is 0 Å². The predicted molar refractivity (Wildman–Crippen MR) is 95.8 cm³/mol. The van der Waals surface area contributed by atoms with E-state index in [-0.39, 0.29) is 11.6 Å². The van der Waals surface area contributed by atoms with E-state index >= 15 is 0 Å². The van der Waals surface area contributed by atoms with E-state index < -0.39 is 0 Å². The minimum atomic E-state index is -0.340. The van der Waals surface area contributed by atoms with E-state index in [0.29, 0.717) is 27.1 Å². The molecule has 1 amide bonds. The van der Waals surface area contributed by atoms with E-state index in [1.54, 1.807) is 24.3 Å². The zero-order valence-corrected chi connectivity index (χ0v) is 14.6. The summed E-state index contributed by atoms with van der Waals surface area (Å²) in [5.41, 5.74) is 3.86. The normalized spacial score (nSPS) is 10.7. The lowest BCUT2D eigenvalue weighted by Gasteiger charge is -2.05. The Bertz CT molecular complexity index is 919. The van der Waals surface area contributed by atoms with Gasteiger partial charge in [-0.05, 0) is 55.3 Å². The summed E-state index contributed by atoms with van der Waals surface area (Å²) in [6.45, 7) is 4.01. The van der Waals surface area contributed by atoms with Gasteiger partial charge in [0.2, 0.25) is 0 Å². The highest BCUT2D eigenvalue weighted by Gasteiger charge is 2.15. The van der Waals surface area contributed by atoms with Crippen LogP contribution < -0.4 is 5.32 Å². The Balaban J connectivity index is 1.80. The molecule has 0 spiro atoms. The fraction of sp³-hybridized carbons (Fsp3) is 0.111. The first-order valence-electron chi connectivity index (χ1n) is 7.25. The highest BCUT2D eigenvalue weighted by molar-refractivity contribution is 6.42. The van der Waals surface area contributed by atoms with Crippen LogP contribution in [-0.2, 0) is 0 Å². The monoisotopic (exact) mass is 360 g/mol. The summed E-state index contributed by atoms with van der Waals surface area (Å²) in [6.07, 6.45) is 0. The topological polar surface area (TPSA) is 55.1 Å². The van der Waals surface area contributed by atoms with Crippen LogP contribution in [0.5, 0.6) is 0 Å². The van der Waals surface area contributed by atoms with Gasteiger partial charge >= 0.3 is 0 Å². The maximum absolute atomic E-state index is 12.3. The number of carbonyl (C=O) groups excluding carboxylic acids is 1. The Morgan fingerprint density at radius 2 is 1.79 bits per heavy atom. The van der Waals surface area contributed by atoms with Gasteiger partial charge in [0.05, 0.1) is 10.0 Å². The van der Waals surface area contributed by atoms with E-state index in [1.807, 2.05) is 32.0 Å². The van der Waals surface area contributed by atoms with Crippen molar-refractivity contribution in [2.45, 2.75) is 13.8 Å². The predicted octanol–water partition coefficient (Wildman–Crippen LogP) is 5.52. The van der Waals surface area contributed by atoms with Gasteiger partial charge in [-0.3, -0.25) is 4.79 Å². The second kappa shape index (κ2) is 6.67. The molecule has 3 aromatic rings. The fourth-order valence-electron chi connectivity index (χ4n) is 2.18. The Morgan fingerprint density at radius 1 is 1.00 bits per heavy atom. The maximum atomic E-state index is 12.3. The highest BCUT2D eigenvalue weighted by atomic mass is 35.5. The van der Waals surface area contributed by atoms with E-state index in [4.69, 9.17) is 27.7 Å². The zero-order valence-electron chi connectivity index (χ0n) is 13.1. The van der Waals surface area contributed by atoms with E-state index in [9.17, 15) is 4.79 Å². The third kappa shape index (κ3) is 3.45. The SMILES string of the molecule is Cc1ccc(NC(=O)c2cc(-c3ccc(Cl)c(Cl)c3)on2)cc1C. The Morgan fingerprint density at radius 3 is 2.50 bits per heavy atom. The van der Waals surface area contributed by atoms with Gasteiger partial charge in [0.25, 0.3) is 5.91 Å². The molecule has 3 rings (SSSR count). The van der Waals surface area contributed by atoms with Crippen molar-refractivity contribution < 1.29 is 9.32 Å². The molecule has 1 heterocycles. The fourth-order valence-corrected chi connectivity index (χ4v) is 2.48. The summed E-state index contributed by atoms with van der Waals surface area (Å²) in [5, 5.41) is 7.48. The van der Waals surface area contributed by atoms with Gasteiger partial charge in [0, 0.05) is 17.3 Å². The molecule has 0 fully saturated rings. The zero-order chi connectivity index (χ0) is 17.3. The molecular formula is C18H14Cl2N2O2. The van der Waals surface area contributed by atoms with Gasteiger partial charge in [-0.2, -0.15) is 0 Å². The van der Waals surface area contributed by atoms with Gasteiger partial charge in [0.1, 0.15) is 0 Å². The quantitative estimate of drug-likeness (QED) is 0.669. The molecule has 122 valence electrons. The minimum Gasteiger partial charge on any atom is -0.355 e. The first-order valence-corrected chi connectivity index (χ1v) is 8.00. The number of aryl methyl sites for hydroxylation is 2. The first-order chi connectivity index (χ1) is 11.4. The summed E-state index contributed by atoms with van der Waals surface area (Å²) in [5.74, 6) is 0.104. The number of hydrogen-bond donors (Lipinski definition) is 1. The molecule has 0 aliphatic heterocycles. The van der Waals surface area contributed by atoms with Crippen molar-refractivity contribution >= 4 is 34.8 Å². The minimum absolute atomic E-state index is 0.189. The van der Waals surface area contributed by atoms with E-state index in [1.165, 1.54) is 0 Å². The van der Waals surface area contributed by atoms with Crippen molar-refractivity contribution in [2.24, 2.45) is 0 Å². The second-order valence-electron chi connectivity index (χ2n) is 5.46. The molecule has 4 nitrogen and oxygen atoms in total. The molecule has 0 aliphatic rings. The standard InChI is InChI=1S/C18H14Cl2N2O2/c1-10-3-5-13(7-11(10)2)21-18(23)16-9-17(24-22-16)12-4-6-14(19)15(20)8-12/h3-9H,1-2H3,(H,21,23). The molecule has 0 radical (unpaired) electrons. The molecule has 1 aromatic heterocycles. The number of rotatable bonds is 3. The third-order valence-electron chi connectivity index (χ3n) is 3.71. The molecule has 0 aliphatic carbocycles. The Kier molecular flexibility index (Phi) is 4.60. The molecular weight excluding hydrogens is 347 g/mol. The molecule has 0 unspecified atom stereocenters. The molecule has 0 saturated carbocycles. The average Bonchev–Trinajstić information content (AvgIpc) is 3.04. The molecule has 0 bridgehead atoms. The molecule has 6 heteroatoms. The second-order valence-corrected chi connectivity index (χ2v) is 6.27. The van der Waals surface area contributed by atoms with Crippen LogP contribution in [0.3, 0.4) is 0 Å². The largest absolute Gasteiger partial charge is 0.355 e. The number of halogens is 2. The number of hydrogen-bond acceptors (Lipinski definition) is 3. The number of benzene rings is 2. The smallest absolute Gasteiger partial charge is 0.277 e. The van der Waals surface area contributed by atoms with Crippen LogP contribution in [0.25, 0.3) is 11.3 Å². The van der Waals surface area contributed by atoms with E-state index in [2.05, 4.69) is 10.5 Å². The Hall–Kier alpha value is -2.30. The molecule has 1 N–H and O–H groups in total. The number of nitrogens with zero attached hydrogens (tertiary/aromatic N) is 1. The van der Waals surface area contributed by atoms with E-state index in [0.717, 1.165) is 11.1 Å². The van der Waals surface area contributed by atoms with Crippen LogP contribution >= 0.6 is 23.2 Å². The number of nitrogens with one attached hydrogen (secondary N) is 1. The molecule has 24 heavy (non-hydrogen) atoms. The number of anilines is 1. The Labute approximate surface area is 149 Å². The highest BCUT2D eigenvalue weighted by Crippen LogP contribution is 2.29. The van der Waals surface area contributed by atoms with Gasteiger partial charge in [0.15, 0.2) is 11.5 Å². The van der Waals surface area contributed by atoms with Gasteiger partial charge in [-0.25, -0.2) is 0 Å².